The van der Waals surface area contributed by atoms with Crippen molar-refractivity contribution in [2.24, 2.45) is 0 Å². The van der Waals surface area contributed by atoms with Crippen LogP contribution in [-0.2, 0) is 0 Å². The predicted molar refractivity (Wildman–Crippen MR) is 93.8 cm³/mol. The highest BCUT2D eigenvalue weighted by atomic mass is 16.4. The quantitative estimate of drug-likeness (QED) is 0.622. The molecule has 0 aliphatic carbocycles. The number of aromatic nitrogens is 4. The molecule has 1 N–H and O–H groups in total. The van der Waals surface area contributed by atoms with Gasteiger partial charge in [-0.2, -0.15) is 0 Å². The monoisotopic (exact) mass is 330 g/mol. The van der Waals surface area contributed by atoms with Gasteiger partial charge in [-0.1, -0.05) is 35.0 Å². The zero-order valence-corrected chi connectivity index (χ0v) is 13.4. The fourth-order valence-electron chi connectivity index (χ4n) is 2.74. The molecule has 0 aliphatic rings. The summed E-state index contributed by atoms with van der Waals surface area (Å²) in [5.74, 6) is -0.951. The highest BCUT2D eigenvalue weighted by Gasteiger charge is 2.10. The van der Waals surface area contributed by atoms with Gasteiger partial charge in [-0.05, 0) is 25.1 Å². The molecular weight excluding hydrogens is 316 g/mol. The molecule has 2 aromatic carbocycles. The predicted octanol–water partition coefficient (Wildman–Crippen LogP) is 3.49. The molecule has 0 spiro atoms. The van der Waals surface area contributed by atoms with E-state index in [1.54, 1.807) is 35.1 Å². The fourth-order valence-corrected chi connectivity index (χ4v) is 2.74. The van der Waals surface area contributed by atoms with Crippen molar-refractivity contribution >= 4 is 16.7 Å². The molecule has 0 radical (unpaired) electrons. The van der Waals surface area contributed by atoms with Crippen LogP contribution in [0.5, 0.6) is 0 Å². The molecule has 122 valence electrons. The zero-order chi connectivity index (χ0) is 17.4. The Morgan fingerprint density at radius 1 is 1.08 bits per heavy atom. The maximum Gasteiger partial charge on any atom is 0.335 e. The Balaban J connectivity index is 1.77. The third kappa shape index (κ3) is 2.74. The number of carbonyl (C=O) groups is 1. The Labute approximate surface area is 143 Å². The molecule has 4 rings (SSSR count). The van der Waals surface area contributed by atoms with Crippen molar-refractivity contribution in [1.29, 1.82) is 0 Å². The molecule has 2 heterocycles. The van der Waals surface area contributed by atoms with Crippen LogP contribution in [0.4, 0.5) is 0 Å². The third-order valence-corrected chi connectivity index (χ3v) is 4.06. The van der Waals surface area contributed by atoms with Gasteiger partial charge < -0.3 is 5.11 Å². The number of pyridine rings is 1. The highest BCUT2D eigenvalue weighted by Crippen LogP contribution is 2.24. The van der Waals surface area contributed by atoms with Crippen molar-refractivity contribution in [3.63, 3.8) is 0 Å². The van der Waals surface area contributed by atoms with Crippen LogP contribution in [0.1, 0.15) is 15.9 Å². The van der Waals surface area contributed by atoms with Crippen molar-refractivity contribution < 1.29 is 9.90 Å². The first-order valence-corrected chi connectivity index (χ1v) is 7.72. The molecule has 0 bridgehead atoms. The Hall–Kier alpha value is -3.54. The van der Waals surface area contributed by atoms with E-state index in [1.807, 2.05) is 31.5 Å². The summed E-state index contributed by atoms with van der Waals surface area (Å²) in [5.41, 5.74) is 3.72. The van der Waals surface area contributed by atoms with E-state index in [1.165, 1.54) is 0 Å². The molecule has 2 aromatic heterocycles. The van der Waals surface area contributed by atoms with Crippen LogP contribution in [-0.4, -0.2) is 31.1 Å². The van der Waals surface area contributed by atoms with Gasteiger partial charge >= 0.3 is 5.97 Å². The average Bonchev–Trinajstić information content (AvgIpc) is 3.11. The first-order chi connectivity index (χ1) is 12.1. The van der Waals surface area contributed by atoms with E-state index in [9.17, 15) is 4.79 Å². The van der Waals surface area contributed by atoms with Gasteiger partial charge in [0.2, 0.25) is 0 Å². The maximum absolute atomic E-state index is 11.0. The maximum atomic E-state index is 11.0. The van der Waals surface area contributed by atoms with Crippen LogP contribution in [0.3, 0.4) is 0 Å². The first kappa shape index (κ1) is 15.0. The van der Waals surface area contributed by atoms with Gasteiger partial charge in [0.25, 0.3) is 0 Å². The Kier molecular flexibility index (Phi) is 3.50. The van der Waals surface area contributed by atoms with Crippen LogP contribution in [0.25, 0.3) is 27.7 Å². The number of hydrogen-bond donors (Lipinski definition) is 1. The number of benzene rings is 2. The van der Waals surface area contributed by atoms with Gasteiger partial charge in [-0.15, -0.1) is 5.10 Å². The normalized spacial score (nSPS) is 10.9. The van der Waals surface area contributed by atoms with Crippen molar-refractivity contribution in [1.82, 2.24) is 20.0 Å². The molecule has 0 fully saturated rings. The Bertz CT molecular complexity index is 1080. The fraction of sp³-hybridized carbons (Fsp3) is 0.0526. The summed E-state index contributed by atoms with van der Waals surface area (Å²) < 4.78 is 1.69. The third-order valence-electron chi connectivity index (χ3n) is 4.06. The average molecular weight is 330 g/mol. The first-order valence-electron chi connectivity index (χ1n) is 7.72. The summed E-state index contributed by atoms with van der Waals surface area (Å²) in [4.78, 5) is 15.2. The lowest BCUT2D eigenvalue weighted by Crippen LogP contribution is -1.97. The number of rotatable bonds is 3. The second-order valence-corrected chi connectivity index (χ2v) is 5.81. The summed E-state index contributed by atoms with van der Waals surface area (Å²) in [5, 5.41) is 19.5. The summed E-state index contributed by atoms with van der Waals surface area (Å²) >= 11 is 0. The van der Waals surface area contributed by atoms with Crippen molar-refractivity contribution in [3.05, 3.63) is 72.2 Å². The number of hydrogen-bond acceptors (Lipinski definition) is 4. The van der Waals surface area contributed by atoms with Crippen molar-refractivity contribution in [2.45, 2.75) is 6.92 Å². The Morgan fingerprint density at radius 2 is 1.88 bits per heavy atom. The molecule has 0 aliphatic heterocycles. The second kappa shape index (κ2) is 5.83. The molecule has 0 saturated carbocycles. The van der Waals surface area contributed by atoms with E-state index in [4.69, 9.17) is 5.11 Å². The summed E-state index contributed by atoms with van der Waals surface area (Å²) in [6.45, 7) is 2.04. The summed E-state index contributed by atoms with van der Waals surface area (Å²) in [7, 11) is 0. The minimum Gasteiger partial charge on any atom is -0.478 e. The minimum absolute atomic E-state index is 0.241. The number of nitrogens with zero attached hydrogens (tertiary/aromatic N) is 4. The Morgan fingerprint density at radius 3 is 2.64 bits per heavy atom. The summed E-state index contributed by atoms with van der Waals surface area (Å²) in [6, 6.07) is 12.7. The standard InChI is InChI=1S/C19H14N4O2/c1-12-2-3-15-9-20-10-18(16(15)8-12)23-11-17(21-22-23)13-4-6-14(7-5-13)19(24)25/h2-11H,1H3,(H,24,25). The number of aromatic carboxylic acids is 1. The molecule has 0 unspecified atom stereocenters. The number of aryl methyl sites for hydroxylation is 1. The van der Waals surface area contributed by atoms with Gasteiger partial charge in [-0.3, -0.25) is 4.98 Å². The van der Waals surface area contributed by atoms with E-state index in [-0.39, 0.29) is 5.56 Å². The van der Waals surface area contributed by atoms with Crippen LogP contribution < -0.4 is 0 Å². The van der Waals surface area contributed by atoms with Gasteiger partial charge in [0.15, 0.2) is 0 Å². The lowest BCUT2D eigenvalue weighted by molar-refractivity contribution is 0.0697. The molecule has 4 aromatic rings. The topological polar surface area (TPSA) is 80.9 Å². The van der Waals surface area contributed by atoms with Crippen LogP contribution in [0.15, 0.2) is 61.1 Å². The van der Waals surface area contributed by atoms with Gasteiger partial charge in [-0.25, -0.2) is 9.48 Å². The van der Waals surface area contributed by atoms with Crippen LogP contribution in [0, 0.1) is 6.92 Å². The SMILES string of the molecule is Cc1ccc2cncc(-n3cc(-c4ccc(C(=O)O)cc4)nn3)c2c1. The molecule has 6 heteroatoms. The molecule has 6 nitrogen and oxygen atoms in total. The summed E-state index contributed by atoms with van der Waals surface area (Å²) in [6.07, 6.45) is 5.39. The number of fused-ring (bicyclic) bond motifs is 1. The van der Waals surface area contributed by atoms with Gasteiger partial charge in [0.05, 0.1) is 23.6 Å². The van der Waals surface area contributed by atoms with E-state index < -0.39 is 5.97 Å². The van der Waals surface area contributed by atoms with E-state index >= 15 is 0 Å². The van der Waals surface area contributed by atoms with Crippen LogP contribution in [0.2, 0.25) is 0 Å². The van der Waals surface area contributed by atoms with E-state index in [0.717, 1.165) is 27.6 Å². The molecule has 0 atom stereocenters. The smallest absolute Gasteiger partial charge is 0.335 e. The highest BCUT2D eigenvalue weighted by molar-refractivity contribution is 5.90. The number of carboxylic acids is 1. The van der Waals surface area contributed by atoms with E-state index in [0.29, 0.717) is 5.69 Å². The molecule has 0 amide bonds. The van der Waals surface area contributed by atoms with Gasteiger partial charge in [0, 0.05) is 22.5 Å². The molecule has 0 saturated heterocycles. The number of carboxylic acid groups (broad SMARTS) is 1. The molecule has 25 heavy (non-hydrogen) atoms. The minimum atomic E-state index is -0.951. The molecular formula is C19H14N4O2. The van der Waals surface area contributed by atoms with Crippen molar-refractivity contribution in [2.75, 3.05) is 0 Å². The van der Waals surface area contributed by atoms with Gasteiger partial charge in [0.1, 0.15) is 5.69 Å². The van der Waals surface area contributed by atoms with Crippen molar-refractivity contribution in [3.8, 4) is 16.9 Å². The lowest BCUT2D eigenvalue weighted by Gasteiger charge is -2.06. The second-order valence-electron chi connectivity index (χ2n) is 5.81. The van der Waals surface area contributed by atoms with Crippen LogP contribution >= 0.6 is 0 Å². The lowest BCUT2D eigenvalue weighted by atomic mass is 10.1. The zero-order valence-electron chi connectivity index (χ0n) is 13.4. The largest absolute Gasteiger partial charge is 0.478 e. The van der Waals surface area contributed by atoms with E-state index in [2.05, 4.69) is 21.4 Å².